The summed E-state index contributed by atoms with van der Waals surface area (Å²) in [6.45, 7) is 3.96. The SMILES string of the molecule is Cc1cc(C)n(-c2c(Cl)cccc2CCl)n1. The Morgan fingerprint density at radius 3 is 2.62 bits per heavy atom. The van der Waals surface area contributed by atoms with Crippen molar-refractivity contribution in [1.82, 2.24) is 9.78 Å². The van der Waals surface area contributed by atoms with Gasteiger partial charge in [-0.2, -0.15) is 5.10 Å². The first kappa shape index (κ1) is 11.5. The van der Waals surface area contributed by atoms with Gasteiger partial charge in [-0.3, -0.25) is 0 Å². The van der Waals surface area contributed by atoms with Crippen molar-refractivity contribution in [2.75, 3.05) is 0 Å². The Labute approximate surface area is 105 Å². The molecule has 0 aliphatic rings. The number of para-hydroxylation sites is 1. The minimum Gasteiger partial charge on any atom is -0.236 e. The fourth-order valence-electron chi connectivity index (χ4n) is 1.76. The molecule has 0 radical (unpaired) electrons. The number of benzene rings is 1. The fraction of sp³-hybridized carbons (Fsp3) is 0.250. The van der Waals surface area contributed by atoms with Crippen LogP contribution in [0.2, 0.25) is 5.02 Å². The second kappa shape index (κ2) is 4.48. The largest absolute Gasteiger partial charge is 0.236 e. The molecular formula is C12H12Cl2N2. The Bertz CT molecular complexity index is 518. The van der Waals surface area contributed by atoms with E-state index >= 15 is 0 Å². The van der Waals surface area contributed by atoms with Crippen LogP contribution >= 0.6 is 23.2 Å². The maximum atomic E-state index is 6.20. The molecule has 0 aliphatic carbocycles. The average molecular weight is 255 g/mol. The molecule has 0 aliphatic heterocycles. The topological polar surface area (TPSA) is 17.8 Å². The van der Waals surface area contributed by atoms with Gasteiger partial charge in [0.05, 0.1) is 16.4 Å². The summed E-state index contributed by atoms with van der Waals surface area (Å²) in [5, 5.41) is 5.09. The number of nitrogens with zero attached hydrogens (tertiary/aromatic N) is 2. The molecule has 0 atom stereocenters. The van der Waals surface area contributed by atoms with Gasteiger partial charge in [-0.25, -0.2) is 4.68 Å². The zero-order chi connectivity index (χ0) is 11.7. The minimum atomic E-state index is 0.425. The molecule has 2 aromatic rings. The predicted octanol–water partition coefficient (Wildman–Crippen LogP) is 3.88. The average Bonchev–Trinajstić information content (AvgIpc) is 2.57. The maximum Gasteiger partial charge on any atom is 0.0878 e. The van der Waals surface area contributed by atoms with E-state index in [1.54, 1.807) is 0 Å². The van der Waals surface area contributed by atoms with Crippen molar-refractivity contribution in [1.29, 1.82) is 0 Å². The molecule has 2 rings (SSSR count). The van der Waals surface area contributed by atoms with E-state index in [-0.39, 0.29) is 0 Å². The van der Waals surface area contributed by atoms with Crippen molar-refractivity contribution < 1.29 is 0 Å². The molecule has 1 aromatic heterocycles. The lowest BCUT2D eigenvalue weighted by atomic mass is 10.2. The van der Waals surface area contributed by atoms with E-state index in [1.165, 1.54) is 0 Å². The van der Waals surface area contributed by atoms with E-state index in [0.29, 0.717) is 10.9 Å². The molecule has 2 nitrogen and oxygen atoms in total. The van der Waals surface area contributed by atoms with Gasteiger partial charge in [0.25, 0.3) is 0 Å². The molecular weight excluding hydrogens is 243 g/mol. The standard InChI is InChI=1S/C12H12Cl2N2/c1-8-6-9(2)16(15-8)12-10(7-13)4-3-5-11(12)14/h3-6H,7H2,1-2H3. The third-order valence-electron chi connectivity index (χ3n) is 2.44. The number of rotatable bonds is 2. The summed E-state index contributed by atoms with van der Waals surface area (Å²) in [6, 6.07) is 7.73. The van der Waals surface area contributed by atoms with Crippen LogP contribution in [0.3, 0.4) is 0 Å². The van der Waals surface area contributed by atoms with Gasteiger partial charge in [-0.15, -0.1) is 11.6 Å². The second-order valence-electron chi connectivity index (χ2n) is 3.72. The lowest BCUT2D eigenvalue weighted by Crippen LogP contribution is -2.03. The van der Waals surface area contributed by atoms with E-state index in [1.807, 2.05) is 42.8 Å². The molecule has 84 valence electrons. The summed E-state index contributed by atoms with van der Waals surface area (Å²) >= 11 is 12.1. The van der Waals surface area contributed by atoms with Crippen molar-refractivity contribution in [3.63, 3.8) is 0 Å². The van der Waals surface area contributed by atoms with Crippen LogP contribution in [0, 0.1) is 13.8 Å². The smallest absolute Gasteiger partial charge is 0.0878 e. The van der Waals surface area contributed by atoms with Crippen LogP contribution in [0.25, 0.3) is 5.69 Å². The first-order valence-electron chi connectivity index (χ1n) is 5.00. The van der Waals surface area contributed by atoms with Crippen LogP contribution in [0.1, 0.15) is 17.0 Å². The zero-order valence-electron chi connectivity index (χ0n) is 9.17. The zero-order valence-corrected chi connectivity index (χ0v) is 10.7. The predicted molar refractivity (Wildman–Crippen MR) is 67.6 cm³/mol. The van der Waals surface area contributed by atoms with E-state index < -0.39 is 0 Å². The third kappa shape index (κ3) is 1.95. The first-order chi connectivity index (χ1) is 7.63. The summed E-state index contributed by atoms with van der Waals surface area (Å²) in [4.78, 5) is 0. The van der Waals surface area contributed by atoms with Gasteiger partial charge in [0.15, 0.2) is 0 Å². The normalized spacial score (nSPS) is 10.8. The number of alkyl halides is 1. The molecule has 0 spiro atoms. The van der Waals surface area contributed by atoms with Gasteiger partial charge in [-0.1, -0.05) is 23.7 Å². The van der Waals surface area contributed by atoms with E-state index in [2.05, 4.69) is 5.10 Å². The molecule has 1 heterocycles. The lowest BCUT2D eigenvalue weighted by Gasteiger charge is -2.11. The highest BCUT2D eigenvalue weighted by molar-refractivity contribution is 6.32. The number of hydrogen-bond acceptors (Lipinski definition) is 1. The van der Waals surface area contributed by atoms with Crippen molar-refractivity contribution in [3.8, 4) is 5.69 Å². The van der Waals surface area contributed by atoms with Crippen LogP contribution in [0.5, 0.6) is 0 Å². The molecule has 0 saturated carbocycles. The van der Waals surface area contributed by atoms with Gasteiger partial charge >= 0.3 is 0 Å². The summed E-state index contributed by atoms with van der Waals surface area (Å²) < 4.78 is 1.84. The summed E-state index contributed by atoms with van der Waals surface area (Å²) in [5.41, 5.74) is 3.89. The van der Waals surface area contributed by atoms with Crippen LogP contribution in [0.15, 0.2) is 24.3 Å². The van der Waals surface area contributed by atoms with Crippen molar-refractivity contribution in [2.24, 2.45) is 0 Å². The number of aryl methyl sites for hydroxylation is 2. The van der Waals surface area contributed by atoms with E-state index in [4.69, 9.17) is 23.2 Å². The van der Waals surface area contributed by atoms with Gasteiger partial charge < -0.3 is 0 Å². The number of aromatic nitrogens is 2. The summed E-state index contributed by atoms with van der Waals surface area (Å²) in [7, 11) is 0. The molecule has 1 aromatic carbocycles. The van der Waals surface area contributed by atoms with Crippen LogP contribution < -0.4 is 0 Å². The van der Waals surface area contributed by atoms with Gasteiger partial charge in [-0.05, 0) is 31.5 Å². The molecule has 0 amide bonds. The summed E-state index contributed by atoms with van der Waals surface area (Å²) in [5.74, 6) is 0.425. The highest BCUT2D eigenvalue weighted by Crippen LogP contribution is 2.26. The Morgan fingerprint density at radius 1 is 1.31 bits per heavy atom. The molecule has 4 heteroatoms. The molecule has 0 saturated heterocycles. The van der Waals surface area contributed by atoms with Crippen LogP contribution in [-0.2, 0) is 5.88 Å². The molecule has 0 N–H and O–H groups in total. The molecule has 0 fully saturated rings. The Balaban J connectivity index is 2.67. The minimum absolute atomic E-state index is 0.425. The summed E-state index contributed by atoms with van der Waals surface area (Å²) in [6.07, 6.45) is 0. The highest BCUT2D eigenvalue weighted by atomic mass is 35.5. The number of hydrogen-bond donors (Lipinski definition) is 0. The molecule has 16 heavy (non-hydrogen) atoms. The van der Waals surface area contributed by atoms with Crippen molar-refractivity contribution in [2.45, 2.75) is 19.7 Å². The highest BCUT2D eigenvalue weighted by Gasteiger charge is 2.11. The Kier molecular flexibility index (Phi) is 3.22. The first-order valence-corrected chi connectivity index (χ1v) is 5.91. The monoisotopic (exact) mass is 254 g/mol. The van der Waals surface area contributed by atoms with Gasteiger partial charge in [0.2, 0.25) is 0 Å². The third-order valence-corrected chi connectivity index (χ3v) is 3.03. The van der Waals surface area contributed by atoms with E-state index in [9.17, 15) is 0 Å². The molecule has 0 unspecified atom stereocenters. The van der Waals surface area contributed by atoms with Crippen LogP contribution in [-0.4, -0.2) is 9.78 Å². The number of halogens is 2. The maximum absolute atomic E-state index is 6.20. The van der Waals surface area contributed by atoms with Crippen molar-refractivity contribution >= 4 is 23.2 Å². The lowest BCUT2D eigenvalue weighted by molar-refractivity contribution is 0.826. The Morgan fingerprint density at radius 2 is 2.06 bits per heavy atom. The molecule has 0 bridgehead atoms. The van der Waals surface area contributed by atoms with Gasteiger partial charge in [0.1, 0.15) is 0 Å². The van der Waals surface area contributed by atoms with Gasteiger partial charge in [0, 0.05) is 11.6 Å². The van der Waals surface area contributed by atoms with Crippen molar-refractivity contribution in [3.05, 3.63) is 46.2 Å². The van der Waals surface area contributed by atoms with Crippen LogP contribution in [0.4, 0.5) is 0 Å². The fourth-order valence-corrected chi connectivity index (χ4v) is 2.25. The second-order valence-corrected chi connectivity index (χ2v) is 4.39. The Hall–Kier alpha value is -0.990. The van der Waals surface area contributed by atoms with E-state index in [0.717, 1.165) is 22.6 Å². The quantitative estimate of drug-likeness (QED) is 0.744.